The van der Waals surface area contributed by atoms with Crippen molar-refractivity contribution in [3.8, 4) is 5.69 Å². The van der Waals surface area contributed by atoms with Crippen LogP contribution in [-0.2, 0) is 17.6 Å². The molecule has 2 heterocycles. The second-order valence-corrected chi connectivity index (χ2v) is 9.44. The van der Waals surface area contributed by atoms with Crippen molar-refractivity contribution in [2.24, 2.45) is 5.73 Å². The average molecular weight is 443 g/mol. The van der Waals surface area contributed by atoms with Gasteiger partial charge in [-0.15, -0.1) is 11.3 Å². The summed E-state index contributed by atoms with van der Waals surface area (Å²) in [4.78, 5) is 43.4. The largest absolute Gasteiger partial charge is 0.351 e. The van der Waals surface area contributed by atoms with Crippen LogP contribution in [0, 0.1) is 13.8 Å². The Bertz CT molecular complexity index is 1230. The lowest BCUT2D eigenvalue weighted by molar-refractivity contribution is -0.117. The fourth-order valence-corrected chi connectivity index (χ4v) is 5.87. The molecule has 1 aromatic carbocycles. The Labute approximate surface area is 181 Å². The summed E-state index contributed by atoms with van der Waals surface area (Å²) in [6.07, 6.45) is 4.07. The van der Waals surface area contributed by atoms with E-state index in [4.69, 9.17) is 10.7 Å². The number of thiophene rings is 1. The molecule has 0 aliphatic heterocycles. The van der Waals surface area contributed by atoms with Gasteiger partial charge >= 0.3 is 6.03 Å². The molecule has 0 saturated carbocycles. The van der Waals surface area contributed by atoms with Gasteiger partial charge in [0.1, 0.15) is 4.83 Å². The van der Waals surface area contributed by atoms with E-state index >= 15 is 0 Å². The van der Waals surface area contributed by atoms with Crippen LogP contribution in [-0.4, -0.2) is 27.2 Å². The lowest BCUT2D eigenvalue weighted by Crippen LogP contribution is -2.36. The highest BCUT2D eigenvalue weighted by atomic mass is 32.2. The number of hydrogen-bond donors (Lipinski definition) is 2. The first-order chi connectivity index (χ1) is 14.3. The van der Waals surface area contributed by atoms with Gasteiger partial charge in [0.15, 0.2) is 5.16 Å². The molecule has 3 amide bonds. The number of aryl methyl sites for hydroxylation is 4. The molecule has 4 rings (SSSR count). The van der Waals surface area contributed by atoms with E-state index in [9.17, 15) is 14.4 Å². The Hall–Kier alpha value is -2.65. The Morgan fingerprint density at radius 3 is 2.80 bits per heavy atom. The maximum atomic E-state index is 13.7. The standard InChI is InChI=1S/C21H22N4O3S2/c1-11-7-8-12(2)14(9-11)25-19(27)17-13-5-3-4-6-15(13)30-18(17)24-21(25)29-10-16(26)23-20(22)28/h7-9H,3-6,10H2,1-2H3,(H3,22,23,26,28). The van der Waals surface area contributed by atoms with Crippen LogP contribution in [0.3, 0.4) is 0 Å². The molecular formula is C21H22N4O3S2. The number of amides is 3. The molecule has 0 bridgehead atoms. The zero-order valence-electron chi connectivity index (χ0n) is 16.8. The number of carbonyl (C=O) groups is 2. The number of aromatic nitrogens is 2. The summed E-state index contributed by atoms with van der Waals surface area (Å²) in [6, 6.07) is 5.02. The third kappa shape index (κ3) is 3.87. The highest BCUT2D eigenvalue weighted by Crippen LogP contribution is 2.35. The Balaban J connectivity index is 1.90. The summed E-state index contributed by atoms with van der Waals surface area (Å²) >= 11 is 2.69. The van der Waals surface area contributed by atoms with Gasteiger partial charge in [-0.2, -0.15) is 0 Å². The zero-order chi connectivity index (χ0) is 21.4. The molecule has 30 heavy (non-hydrogen) atoms. The number of carbonyl (C=O) groups excluding carboxylic acids is 2. The molecule has 9 heteroatoms. The van der Waals surface area contributed by atoms with Crippen molar-refractivity contribution < 1.29 is 9.59 Å². The number of imide groups is 1. The Morgan fingerprint density at radius 1 is 1.27 bits per heavy atom. The van der Waals surface area contributed by atoms with Gasteiger partial charge in [-0.1, -0.05) is 23.9 Å². The first-order valence-electron chi connectivity index (χ1n) is 9.72. The van der Waals surface area contributed by atoms with E-state index < -0.39 is 11.9 Å². The maximum Gasteiger partial charge on any atom is 0.318 e. The molecule has 0 radical (unpaired) electrons. The Morgan fingerprint density at radius 2 is 2.03 bits per heavy atom. The molecule has 0 unspecified atom stereocenters. The highest BCUT2D eigenvalue weighted by Gasteiger charge is 2.24. The van der Waals surface area contributed by atoms with E-state index in [1.165, 1.54) is 4.88 Å². The van der Waals surface area contributed by atoms with Gasteiger partial charge in [-0.3, -0.25) is 19.5 Å². The number of fused-ring (bicyclic) bond motifs is 3. The van der Waals surface area contributed by atoms with Crippen LogP contribution in [0.1, 0.15) is 34.4 Å². The first-order valence-corrected chi connectivity index (χ1v) is 11.5. The minimum absolute atomic E-state index is 0.0726. The monoisotopic (exact) mass is 442 g/mol. The minimum Gasteiger partial charge on any atom is -0.351 e. The number of rotatable bonds is 4. The third-order valence-electron chi connectivity index (χ3n) is 5.16. The van der Waals surface area contributed by atoms with E-state index in [-0.39, 0.29) is 11.3 Å². The van der Waals surface area contributed by atoms with E-state index in [0.29, 0.717) is 15.4 Å². The molecule has 3 aromatic rings. The van der Waals surface area contributed by atoms with Crippen LogP contribution in [0.2, 0.25) is 0 Å². The molecule has 0 spiro atoms. The van der Waals surface area contributed by atoms with Crippen molar-refractivity contribution in [3.05, 3.63) is 50.1 Å². The summed E-state index contributed by atoms with van der Waals surface area (Å²) in [6.45, 7) is 3.92. The predicted octanol–water partition coefficient (Wildman–Crippen LogP) is 3.23. The molecule has 0 atom stereocenters. The molecule has 0 saturated heterocycles. The zero-order valence-corrected chi connectivity index (χ0v) is 18.4. The van der Waals surface area contributed by atoms with Crippen LogP contribution in [0.4, 0.5) is 4.79 Å². The lowest BCUT2D eigenvalue weighted by Gasteiger charge is -2.15. The first kappa shape index (κ1) is 20.6. The van der Waals surface area contributed by atoms with Crippen molar-refractivity contribution in [3.63, 3.8) is 0 Å². The average Bonchev–Trinajstić information content (AvgIpc) is 3.06. The second kappa shape index (κ2) is 8.23. The van der Waals surface area contributed by atoms with Crippen molar-refractivity contribution >= 4 is 45.3 Å². The molecule has 1 aliphatic carbocycles. The topological polar surface area (TPSA) is 107 Å². The highest BCUT2D eigenvalue weighted by molar-refractivity contribution is 7.99. The van der Waals surface area contributed by atoms with Gasteiger partial charge in [0.25, 0.3) is 5.56 Å². The SMILES string of the molecule is Cc1ccc(C)c(-n2c(SCC(=O)NC(N)=O)nc3sc4c(c3c2=O)CCCC4)c1. The van der Waals surface area contributed by atoms with Crippen LogP contribution < -0.4 is 16.6 Å². The molecule has 1 aliphatic rings. The summed E-state index contributed by atoms with van der Waals surface area (Å²) in [5, 5.41) is 3.18. The molecule has 7 nitrogen and oxygen atoms in total. The van der Waals surface area contributed by atoms with Crippen LogP contribution in [0.5, 0.6) is 0 Å². The molecule has 156 valence electrons. The van der Waals surface area contributed by atoms with Crippen LogP contribution >= 0.6 is 23.1 Å². The predicted molar refractivity (Wildman–Crippen MR) is 120 cm³/mol. The van der Waals surface area contributed by atoms with E-state index in [2.05, 4.69) is 5.32 Å². The fourth-order valence-electron chi connectivity index (χ4n) is 3.76. The number of benzene rings is 1. The van der Waals surface area contributed by atoms with Crippen molar-refractivity contribution in [2.45, 2.75) is 44.7 Å². The lowest BCUT2D eigenvalue weighted by atomic mass is 9.97. The third-order valence-corrected chi connectivity index (χ3v) is 7.28. The molecule has 3 N–H and O–H groups in total. The molecule has 2 aromatic heterocycles. The van der Waals surface area contributed by atoms with Gasteiger partial charge in [-0.25, -0.2) is 9.78 Å². The number of hydrogen-bond acceptors (Lipinski definition) is 6. The Kier molecular flexibility index (Phi) is 5.66. The van der Waals surface area contributed by atoms with Crippen molar-refractivity contribution in [1.29, 1.82) is 0 Å². The minimum atomic E-state index is -0.901. The molecular weight excluding hydrogens is 420 g/mol. The van der Waals surface area contributed by atoms with E-state index in [1.54, 1.807) is 15.9 Å². The smallest absolute Gasteiger partial charge is 0.318 e. The maximum absolute atomic E-state index is 13.7. The summed E-state index contributed by atoms with van der Waals surface area (Å²) in [5.41, 5.74) is 8.76. The summed E-state index contributed by atoms with van der Waals surface area (Å²) in [5.74, 6) is -0.601. The van der Waals surface area contributed by atoms with E-state index in [0.717, 1.165) is 59.8 Å². The number of nitrogens with one attached hydrogen (secondary N) is 1. The summed E-state index contributed by atoms with van der Waals surface area (Å²) < 4.78 is 1.61. The second-order valence-electron chi connectivity index (χ2n) is 7.42. The van der Waals surface area contributed by atoms with Crippen LogP contribution in [0.25, 0.3) is 15.9 Å². The number of thioether (sulfide) groups is 1. The van der Waals surface area contributed by atoms with Gasteiger partial charge in [0.2, 0.25) is 5.91 Å². The number of nitrogens with two attached hydrogens (primary N) is 1. The summed E-state index contributed by atoms with van der Waals surface area (Å²) in [7, 11) is 0. The van der Waals surface area contributed by atoms with Crippen molar-refractivity contribution in [2.75, 3.05) is 5.75 Å². The van der Waals surface area contributed by atoms with Gasteiger partial charge in [0.05, 0.1) is 16.8 Å². The fraction of sp³-hybridized carbons (Fsp3) is 0.333. The number of urea groups is 1. The normalized spacial score (nSPS) is 13.3. The van der Waals surface area contributed by atoms with Crippen LogP contribution in [0.15, 0.2) is 28.2 Å². The number of nitrogens with zero attached hydrogens (tertiary/aromatic N) is 2. The van der Waals surface area contributed by atoms with Gasteiger partial charge < -0.3 is 5.73 Å². The quantitative estimate of drug-likeness (QED) is 0.476. The van der Waals surface area contributed by atoms with Gasteiger partial charge in [0, 0.05) is 4.88 Å². The number of primary amides is 1. The van der Waals surface area contributed by atoms with Crippen molar-refractivity contribution in [1.82, 2.24) is 14.9 Å². The van der Waals surface area contributed by atoms with Gasteiger partial charge in [-0.05, 0) is 62.3 Å². The van der Waals surface area contributed by atoms with E-state index in [1.807, 2.05) is 32.0 Å². The molecule has 0 fully saturated rings.